The van der Waals surface area contributed by atoms with Crippen molar-refractivity contribution in [1.82, 2.24) is 4.98 Å². The minimum Gasteiger partial charge on any atom is -0.397 e. The largest absolute Gasteiger partial charge is 0.399 e. The molecule has 1 heterocycles. The maximum absolute atomic E-state index is 11.5. The average Bonchev–Trinajstić information content (AvgIpc) is 2.16. The lowest BCUT2D eigenvalue weighted by atomic mass is 10.2. The number of hydrogen-bond acceptors (Lipinski definition) is 4. The lowest BCUT2D eigenvalue weighted by Crippen LogP contribution is -2.06. The first kappa shape index (κ1) is 9.18. The number of rotatable bonds is 2. The van der Waals surface area contributed by atoms with Crippen molar-refractivity contribution in [2.24, 2.45) is 0 Å². The lowest BCUT2D eigenvalue weighted by molar-refractivity contribution is -0.0792. The van der Waals surface area contributed by atoms with Crippen LogP contribution in [0.2, 0.25) is 0 Å². The van der Waals surface area contributed by atoms with Crippen LogP contribution in [0.15, 0.2) is 18.8 Å². The fourth-order valence-corrected chi connectivity index (χ4v) is 0.818. The Morgan fingerprint density at radius 1 is 1.77 bits per heavy atom. The maximum atomic E-state index is 11.5. The molecule has 13 heavy (non-hydrogen) atoms. The number of anilines is 1. The van der Waals surface area contributed by atoms with Crippen LogP contribution < -0.4 is 5.73 Å². The van der Waals surface area contributed by atoms with E-state index in [0.717, 1.165) is 0 Å². The van der Waals surface area contributed by atoms with Gasteiger partial charge in [0.1, 0.15) is 0 Å². The van der Waals surface area contributed by atoms with Gasteiger partial charge in [-0.3, -0.25) is 0 Å². The van der Waals surface area contributed by atoms with Crippen molar-refractivity contribution in [3.05, 3.63) is 30.1 Å². The van der Waals surface area contributed by atoms with E-state index in [4.69, 9.17) is 5.73 Å². The van der Waals surface area contributed by atoms with E-state index in [0.29, 0.717) is 5.56 Å². The zero-order valence-corrected chi connectivity index (χ0v) is 6.66. The van der Waals surface area contributed by atoms with Crippen LogP contribution in [0.3, 0.4) is 0 Å². The summed E-state index contributed by atoms with van der Waals surface area (Å²) in [6, 6.07) is 1.45. The van der Waals surface area contributed by atoms with Crippen molar-refractivity contribution >= 4 is 17.7 Å². The Kier molecular flexibility index (Phi) is 2.59. The normalized spacial score (nSPS) is 9.31. The van der Waals surface area contributed by atoms with Gasteiger partial charge < -0.3 is 5.73 Å². The summed E-state index contributed by atoms with van der Waals surface area (Å²) in [5.74, 6) is -1.20. The van der Waals surface area contributed by atoms with E-state index in [2.05, 4.69) is 16.5 Å². The third-order valence-electron chi connectivity index (χ3n) is 1.44. The summed E-state index contributed by atoms with van der Waals surface area (Å²) in [7, 11) is 0. The van der Waals surface area contributed by atoms with Crippen molar-refractivity contribution in [3.8, 4) is 0 Å². The SMILES string of the molecule is C=Cc1cnc(C(=O)OF)c(N)c1. The standard InChI is InChI=1S/C8H7FN2O2/c1-2-5-3-6(10)7(11-4-5)8(12)13-9/h2-4H,1,10H2. The maximum Gasteiger partial charge on any atom is 0.399 e. The number of nitrogens with zero attached hydrogens (tertiary/aromatic N) is 1. The Balaban J connectivity index is 3.12. The highest BCUT2D eigenvalue weighted by Crippen LogP contribution is 2.12. The monoisotopic (exact) mass is 182 g/mol. The van der Waals surface area contributed by atoms with Gasteiger partial charge in [-0.1, -0.05) is 12.7 Å². The molecule has 0 fully saturated rings. The third kappa shape index (κ3) is 1.81. The molecule has 2 N–H and O–H groups in total. The molecule has 0 saturated heterocycles. The van der Waals surface area contributed by atoms with Crippen molar-refractivity contribution in [2.75, 3.05) is 5.73 Å². The predicted molar refractivity (Wildman–Crippen MR) is 45.3 cm³/mol. The highest BCUT2D eigenvalue weighted by Gasteiger charge is 2.13. The summed E-state index contributed by atoms with van der Waals surface area (Å²) in [4.78, 5) is 17.3. The van der Waals surface area contributed by atoms with Gasteiger partial charge in [-0.25, -0.2) is 14.7 Å². The van der Waals surface area contributed by atoms with E-state index >= 15 is 0 Å². The van der Waals surface area contributed by atoms with Gasteiger partial charge in [-0.15, -0.1) is 0 Å². The highest BCUT2D eigenvalue weighted by atomic mass is 19.3. The van der Waals surface area contributed by atoms with E-state index in [1.165, 1.54) is 18.3 Å². The second-order valence-corrected chi connectivity index (χ2v) is 2.28. The molecule has 0 atom stereocenters. The number of hydrogen-bond donors (Lipinski definition) is 1. The Labute approximate surface area is 73.7 Å². The molecule has 1 rings (SSSR count). The van der Waals surface area contributed by atoms with Crippen molar-refractivity contribution in [1.29, 1.82) is 0 Å². The number of carbonyl (C=O) groups is 1. The van der Waals surface area contributed by atoms with Gasteiger partial charge in [0.05, 0.1) is 5.69 Å². The minimum absolute atomic E-state index is 0.0556. The quantitative estimate of drug-likeness (QED) is 0.749. The number of carbonyl (C=O) groups excluding carboxylic acids is 1. The zero-order chi connectivity index (χ0) is 9.84. The third-order valence-corrected chi connectivity index (χ3v) is 1.44. The van der Waals surface area contributed by atoms with Crippen molar-refractivity contribution < 1.29 is 14.3 Å². The Bertz CT molecular complexity index is 352. The Hall–Kier alpha value is -1.91. The molecule has 0 amide bonds. The first-order chi connectivity index (χ1) is 6.19. The topological polar surface area (TPSA) is 65.2 Å². The molecule has 1 aromatic heterocycles. The second kappa shape index (κ2) is 3.66. The summed E-state index contributed by atoms with van der Waals surface area (Å²) >= 11 is 0. The van der Waals surface area contributed by atoms with E-state index < -0.39 is 5.97 Å². The van der Waals surface area contributed by atoms with Crippen LogP contribution in [0.5, 0.6) is 0 Å². The minimum atomic E-state index is -1.20. The number of halogens is 1. The molecule has 4 nitrogen and oxygen atoms in total. The molecule has 0 radical (unpaired) electrons. The fourth-order valence-electron chi connectivity index (χ4n) is 0.818. The predicted octanol–water partition coefficient (Wildman–Crippen LogP) is 1.35. The molecule has 0 aliphatic rings. The Morgan fingerprint density at radius 3 is 2.92 bits per heavy atom. The number of pyridine rings is 1. The molecule has 1 aromatic rings. The molecular weight excluding hydrogens is 175 g/mol. The molecule has 0 unspecified atom stereocenters. The molecule has 0 aliphatic carbocycles. The van der Waals surface area contributed by atoms with Crippen molar-refractivity contribution in [3.63, 3.8) is 0 Å². The van der Waals surface area contributed by atoms with Gasteiger partial charge in [-0.05, 0) is 11.6 Å². The first-order valence-corrected chi connectivity index (χ1v) is 3.40. The molecule has 0 bridgehead atoms. The van der Waals surface area contributed by atoms with Gasteiger partial charge in [0, 0.05) is 10.7 Å². The zero-order valence-electron chi connectivity index (χ0n) is 6.66. The average molecular weight is 182 g/mol. The first-order valence-electron chi connectivity index (χ1n) is 3.40. The summed E-state index contributed by atoms with van der Waals surface area (Å²) in [5, 5.41) is 0. The van der Waals surface area contributed by atoms with Gasteiger partial charge >= 0.3 is 5.97 Å². The van der Waals surface area contributed by atoms with Gasteiger partial charge in [-0.2, -0.15) is 0 Å². The van der Waals surface area contributed by atoms with Crippen LogP contribution in [0.1, 0.15) is 16.1 Å². The molecule has 0 saturated carbocycles. The van der Waals surface area contributed by atoms with Gasteiger partial charge in [0.2, 0.25) is 0 Å². The molecule has 68 valence electrons. The lowest BCUT2D eigenvalue weighted by Gasteiger charge is -2.00. The van der Waals surface area contributed by atoms with Crippen LogP contribution in [-0.4, -0.2) is 11.0 Å². The van der Waals surface area contributed by atoms with Crippen molar-refractivity contribution in [2.45, 2.75) is 0 Å². The Morgan fingerprint density at radius 2 is 2.46 bits per heavy atom. The fraction of sp³-hybridized carbons (Fsp3) is 0. The molecule has 0 spiro atoms. The molecule has 0 aromatic carbocycles. The summed E-state index contributed by atoms with van der Waals surface area (Å²) in [6.07, 6.45) is 2.85. The van der Waals surface area contributed by atoms with Crippen LogP contribution in [0.25, 0.3) is 6.08 Å². The van der Waals surface area contributed by atoms with Gasteiger partial charge in [0.25, 0.3) is 0 Å². The summed E-state index contributed by atoms with van der Waals surface area (Å²) in [6.45, 7) is 3.48. The number of aromatic nitrogens is 1. The number of nitrogen functional groups attached to an aromatic ring is 1. The van der Waals surface area contributed by atoms with E-state index in [9.17, 15) is 9.32 Å². The van der Waals surface area contributed by atoms with E-state index in [1.807, 2.05) is 0 Å². The molecular formula is C8H7FN2O2. The van der Waals surface area contributed by atoms with Gasteiger partial charge in [0.15, 0.2) is 5.69 Å². The second-order valence-electron chi connectivity index (χ2n) is 2.28. The van der Waals surface area contributed by atoms with E-state index in [-0.39, 0.29) is 11.4 Å². The highest BCUT2D eigenvalue weighted by molar-refractivity contribution is 5.92. The van der Waals surface area contributed by atoms with Crippen LogP contribution >= 0.6 is 0 Å². The summed E-state index contributed by atoms with van der Waals surface area (Å²) < 4.78 is 11.5. The van der Waals surface area contributed by atoms with Crippen LogP contribution in [-0.2, 0) is 4.94 Å². The number of nitrogens with two attached hydrogens (primary N) is 1. The van der Waals surface area contributed by atoms with Crippen LogP contribution in [0.4, 0.5) is 10.2 Å². The van der Waals surface area contributed by atoms with E-state index in [1.54, 1.807) is 0 Å². The molecule has 0 aliphatic heterocycles. The van der Waals surface area contributed by atoms with Crippen LogP contribution in [0, 0.1) is 0 Å². The summed E-state index contributed by atoms with van der Waals surface area (Å²) in [5.41, 5.74) is 5.85. The molecule has 5 heteroatoms. The smallest absolute Gasteiger partial charge is 0.397 e.